The van der Waals surface area contributed by atoms with Gasteiger partial charge < -0.3 is 14.4 Å². The number of methoxy groups -OCH3 is 1. The van der Waals surface area contributed by atoms with Crippen LogP contribution in [0, 0.1) is 0 Å². The topological polar surface area (TPSA) is 69.6 Å². The predicted octanol–water partition coefficient (Wildman–Crippen LogP) is 5.46. The fourth-order valence-corrected chi connectivity index (χ4v) is 4.88. The molecule has 0 aliphatic rings. The van der Waals surface area contributed by atoms with Crippen LogP contribution in [0.5, 0.6) is 5.75 Å². The molecule has 3 aromatic carbocycles. The summed E-state index contributed by atoms with van der Waals surface area (Å²) in [5.74, 6) is -1.58. The lowest BCUT2D eigenvalue weighted by Gasteiger charge is -2.23. The van der Waals surface area contributed by atoms with E-state index in [-0.39, 0.29) is 22.8 Å². The molecule has 8 heteroatoms. The standard InChI is InChI=1S/C24H21F3O4S/c1-31-21-13-20(24(25,26)27)18(12-22(28)29)19(23(21)17-10-6-3-7-11-17)15-32(30)14-16-8-4-2-5-9-16/h2-11,13H,12,14-15H2,1H3,(H,28,29). The van der Waals surface area contributed by atoms with Crippen molar-refractivity contribution < 1.29 is 32.4 Å². The molecule has 0 saturated heterocycles. The van der Waals surface area contributed by atoms with Crippen LogP contribution in [0.2, 0.25) is 0 Å². The Bertz CT molecular complexity index is 1070. The molecule has 3 rings (SSSR count). The second kappa shape index (κ2) is 10.1. The molecule has 168 valence electrons. The first-order valence-corrected chi connectivity index (χ1v) is 11.2. The van der Waals surface area contributed by atoms with E-state index in [0.717, 1.165) is 11.6 Å². The van der Waals surface area contributed by atoms with Crippen LogP contribution in [0.15, 0.2) is 66.7 Å². The number of aliphatic carboxylic acids is 1. The SMILES string of the molecule is COc1cc(C(F)(F)F)c(CC(=O)O)c(C[S+]([O-])Cc2ccccc2)c1-c1ccccc1. The van der Waals surface area contributed by atoms with Gasteiger partial charge in [-0.05, 0) is 28.4 Å². The first-order valence-electron chi connectivity index (χ1n) is 9.66. The molecule has 0 amide bonds. The molecule has 1 atom stereocenters. The molecule has 3 aromatic rings. The minimum absolute atomic E-state index is 0.0515. The zero-order valence-electron chi connectivity index (χ0n) is 17.2. The van der Waals surface area contributed by atoms with E-state index in [1.54, 1.807) is 54.6 Å². The summed E-state index contributed by atoms with van der Waals surface area (Å²) >= 11 is -1.59. The third-order valence-electron chi connectivity index (χ3n) is 4.90. The lowest BCUT2D eigenvalue weighted by Crippen LogP contribution is -2.19. The van der Waals surface area contributed by atoms with E-state index in [9.17, 15) is 27.6 Å². The summed E-state index contributed by atoms with van der Waals surface area (Å²) in [6.07, 6.45) is -5.65. The van der Waals surface area contributed by atoms with Gasteiger partial charge in [-0.2, -0.15) is 13.2 Å². The molecule has 0 fully saturated rings. The minimum atomic E-state index is -4.80. The van der Waals surface area contributed by atoms with Gasteiger partial charge in [0, 0.05) is 16.7 Å². The number of carboxylic acid groups (broad SMARTS) is 1. The fraction of sp³-hybridized carbons (Fsp3) is 0.208. The fourth-order valence-electron chi connectivity index (χ4n) is 3.57. The van der Waals surface area contributed by atoms with E-state index in [2.05, 4.69) is 0 Å². The summed E-state index contributed by atoms with van der Waals surface area (Å²) in [6.45, 7) is 0. The highest BCUT2D eigenvalue weighted by molar-refractivity contribution is 7.89. The van der Waals surface area contributed by atoms with E-state index >= 15 is 0 Å². The predicted molar refractivity (Wildman–Crippen MR) is 117 cm³/mol. The van der Waals surface area contributed by atoms with Gasteiger partial charge in [0.25, 0.3) is 0 Å². The van der Waals surface area contributed by atoms with Crippen molar-refractivity contribution in [3.8, 4) is 16.9 Å². The number of carboxylic acids is 1. The van der Waals surface area contributed by atoms with Gasteiger partial charge in [0.2, 0.25) is 0 Å². The maximum Gasteiger partial charge on any atom is 0.416 e. The second-order valence-electron chi connectivity index (χ2n) is 7.11. The molecule has 1 unspecified atom stereocenters. The van der Waals surface area contributed by atoms with Gasteiger partial charge in [0.15, 0.2) is 0 Å². The molecule has 0 spiro atoms. The molecule has 0 radical (unpaired) electrons. The van der Waals surface area contributed by atoms with E-state index in [0.29, 0.717) is 11.1 Å². The van der Waals surface area contributed by atoms with Gasteiger partial charge in [-0.3, -0.25) is 4.79 Å². The van der Waals surface area contributed by atoms with Crippen LogP contribution < -0.4 is 4.74 Å². The van der Waals surface area contributed by atoms with Crippen molar-refractivity contribution in [1.29, 1.82) is 0 Å². The summed E-state index contributed by atoms with van der Waals surface area (Å²) in [7, 11) is 1.25. The monoisotopic (exact) mass is 462 g/mol. The van der Waals surface area contributed by atoms with Gasteiger partial charge >= 0.3 is 12.1 Å². The lowest BCUT2D eigenvalue weighted by molar-refractivity contribution is -0.139. The third kappa shape index (κ3) is 5.63. The number of ether oxygens (including phenoxy) is 1. The number of hydrogen-bond acceptors (Lipinski definition) is 3. The van der Waals surface area contributed by atoms with Gasteiger partial charge in [-0.25, -0.2) is 0 Å². The Morgan fingerprint density at radius 3 is 2.12 bits per heavy atom. The van der Waals surface area contributed by atoms with Crippen LogP contribution in [0.3, 0.4) is 0 Å². The first-order chi connectivity index (χ1) is 15.2. The largest absolute Gasteiger partial charge is 0.616 e. The van der Waals surface area contributed by atoms with Crippen LogP contribution in [0.4, 0.5) is 13.2 Å². The van der Waals surface area contributed by atoms with Crippen molar-refractivity contribution in [2.75, 3.05) is 7.11 Å². The smallest absolute Gasteiger partial charge is 0.416 e. The van der Waals surface area contributed by atoms with Crippen molar-refractivity contribution in [2.45, 2.75) is 24.1 Å². The van der Waals surface area contributed by atoms with Gasteiger partial charge in [0.05, 0.1) is 19.1 Å². The number of halogens is 3. The van der Waals surface area contributed by atoms with Crippen LogP contribution >= 0.6 is 0 Å². The average molecular weight is 462 g/mol. The molecule has 0 aliphatic heterocycles. The van der Waals surface area contributed by atoms with Crippen LogP contribution in [-0.4, -0.2) is 22.7 Å². The molecule has 0 aromatic heterocycles. The van der Waals surface area contributed by atoms with E-state index in [1.165, 1.54) is 7.11 Å². The first kappa shape index (κ1) is 23.7. The Morgan fingerprint density at radius 2 is 1.59 bits per heavy atom. The summed E-state index contributed by atoms with van der Waals surface area (Å²) in [5.41, 5.74) is 0.217. The summed E-state index contributed by atoms with van der Waals surface area (Å²) in [4.78, 5) is 11.5. The molecule has 0 aliphatic carbocycles. The second-order valence-corrected chi connectivity index (χ2v) is 8.56. The molecular formula is C24H21F3O4S. The van der Waals surface area contributed by atoms with Crippen LogP contribution in [0.25, 0.3) is 11.1 Å². The summed E-state index contributed by atoms with van der Waals surface area (Å²) < 4.78 is 60.0. The van der Waals surface area contributed by atoms with Crippen molar-refractivity contribution in [3.05, 3.63) is 89.0 Å². The van der Waals surface area contributed by atoms with E-state index < -0.39 is 40.9 Å². The Labute approximate surface area is 186 Å². The molecule has 0 heterocycles. The zero-order chi connectivity index (χ0) is 23.3. The quantitative estimate of drug-likeness (QED) is 0.452. The molecule has 4 nitrogen and oxygen atoms in total. The maximum absolute atomic E-state index is 13.9. The highest BCUT2D eigenvalue weighted by Gasteiger charge is 2.38. The summed E-state index contributed by atoms with van der Waals surface area (Å²) in [6, 6.07) is 18.3. The van der Waals surface area contributed by atoms with Crippen molar-refractivity contribution in [3.63, 3.8) is 0 Å². The van der Waals surface area contributed by atoms with Crippen LogP contribution in [-0.2, 0) is 40.1 Å². The van der Waals surface area contributed by atoms with Gasteiger partial charge in [0.1, 0.15) is 17.3 Å². The molecule has 1 N–H and O–H groups in total. The zero-order valence-corrected chi connectivity index (χ0v) is 18.0. The normalized spacial score (nSPS) is 12.4. The van der Waals surface area contributed by atoms with Gasteiger partial charge in [-0.1, -0.05) is 60.7 Å². The highest BCUT2D eigenvalue weighted by Crippen LogP contribution is 2.44. The Morgan fingerprint density at radius 1 is 1.00 bits per heavy atom. The van der Waals surface area contributed by atoms with Crippen molar-refractivity contribution in [2.24, 2.45) is 0 Å². The van der Waals surface area contributed by atoms with E-state index in [1.807, 2.05) is 6.07 Å². The third-order valence-corrected chi connectivity index (χ3v) is 6.17. The highest BCUT2D eigenvalue weighted by atomic mass is 32.2. The molecule has 0 bridgehead atoms. The number of alkyl halides is 3. The Hall–Kier alpha value is -2.97. The van der Waals surface area contributed by atoms with Crippen molar-refractivity contribution in [1.82, 2.24) is 0 Å². The van der Waals surface area contributed by atoms with Crippen LogP contribution in [0.1, 0.15) is 22.3 Å². The molecule has 0 saturated carbocycles. The average Bonchev–Trinajstić information content (AvgIpc) is 2.74. The minimum Gasteiger partial charge on any atom is -0.616 e. The number of benzene rings is 3. The molecule has 32 heavy (non-hydrogen) atoms. The number of hydrogen-bond donors (Lipinski definition) is 1. The Balaban J connectivity index is 2.22. The van der Waals surface area contributed by atoms with Crippen molar-refractivity contribution >= 4 is 17.1 Å². The maximum atomic E-state index is 13.9. The lowest BCUT2D eigenvalue weighted by atomic mass is 9.89. The number of rotatable bonds is 8. The molecular weight excluding hydrogens is 441 g/mol. The van der Waals surface area contributed by atoms with E-state index in [4.69, 9.17) is 4.74 Å². The van der Waals surface area contributed by atoms with Gasteiger partial charge in [-0.15, -0.1) is 0 Å². The summed E-state index contributed by atoms with van der Waals surface area (Å²) in [5, 5.41) is 9.36. The Kier molecular flexibility index (Phi) is 7.48. The number of carbonyl (C=O) groups is 1.